The molecular weight excluding hydrogens is 314 g/mol. The average Bonchev–Trinajstić information content (AvgIpc) is 3.22. The number of ether oxygens (including phenoxy) is 1. The number of piperidine rings is 1. The van der Waals surface area contributed by atoms with Crippen molar-refractivity contribution in [2.75, 3.05) is 20.2 Å². The van der Waals surface area contributed by atoms with E-state index in [1.807, 2.05) is 25.3 Å². The summed E-state index contributed by atoms with van der Waals surface area (Å²) in [4.78, 5) is 7.11. The van der Waals surface area contributed by atoms with Crippen molar-refractivity contribution in [3.63, 3.8) is 0 Å². The Balaban J connectivity index is 1.47. The Kier molecular flexibility index (Phi) is 4.61. The lowest BCUT2D eigenvalue weighted by atomic mass is 9.76. The molecule has 1 aliphatic heterocycles. The zero-order valence-electron chi connectivity index (χ0n) is 15.2. The number of benzene rings is 1. The van der Waals surface area contributed by atoms with Crippen LogP contribution < -0.4 is 0 Å². The average molecular weight is 341 g/mol. The first-order chi connectivity index (χ1) is 12.2. The van der Waals surface area contributed by atoms with Crippen LogP contribution in [0, 0.1) is 12.3 Å². The Bertz CT molecular complexity index is 729. The van der Waals surface area contributed by atoms with E-state index in [9.17, 15) is 0 Å². The van der Waals surface area contributed by atoms with E-state index in [-0.39, 0.29) is 0 Å². The van der Waals surface area contributed by atoms with Crippen LogP contribution in [0.25, 0.3) is 11.4 Å². The van der Waals surface area contributed by atoms with E-state index in [0.29, 0.717) is 23.2 Å². The molecule has 134 valence electrons. The number of aryl methyl sites for hydroxylation is 1. The quantitative estimate of drug-likeness (QED) is 0.846. The van der Waals surface area contributed by atoms with Crippen molar-refractivity contribution < 1.29 is 9.26 Å². The SMILES string of the molecule is CO[C@@H]1CCC[C@]12CCCN(Cc1nc(-c3ccccc3C)no1)C2. The van der Waals surface area contributed by atoms with Crippen LogP contribution in [0.5, 0.6) is 0 Å². The predicted octanol–water partition coefficient (Wildman–Crippen LogP) is 3.83. The molecule has 1 aliphatic carbocycles. The molecule has 2 aliphatic rings. The molecule has 2 fully saturated rings. The molecule has 2 heterocycles. The van der Waals surface area contributed by atoms with Gasteiger partial charge >= 0.3 is 0 Å². The van der Waals surface area contributed by atoms with Crippen LogP contribution in [-0.2, 0) is 11.3 Å². The molecule has 1 saturated heterocycles. The highest BCUT2D eigenvalue weighted by molar-refractivity contribution is 5.58. The molecule has 1 saturated carbocycles. The molecule has 1 spiro atoms. The summed E-state index contributed by atoms with van der Waals surface area (Å²) in [5.74, 6) is 1.40. The fraction of sp³-hybridized carbons (Fsp3) is 0.600. The van der Waals surface area contributed by atoms with Crippen LogP contribution in [-0.4, -0.2) is 41.3 Å². The summed E-state index contributed by atoms with van der Waals surface area (Å²) in [6.07, 6.45) is 6.66. The van der Waals surface area contributed by atoms with Gasteiger partial charge in [0.25, 0.3) is 0 Å². The highest BCUT2D eigenvalue weighted by Gasteiger charge is 2.45. The van der Waals surface area contributed by atoms with Gasteiger partial charge in [-0.05, 0) is 44.7 Å². The Morgan fingerprint density at radius 2 is 2.12 bits per heavy atom. The van der Waals surface area contributed by atoms with Gasteiger partial charge in [-0.15, -0.1) is 0 Å². The second-order valence-electron chi connectivity index (χ2n) is 7.62. The lowest BCUT2D eigenvalue weighted by Gasteiger charge is -2.43. The molecule has 0 bridgehead atoms. The Morgan fingerprint density at radius 1 is 1.28 bits per heavy atom. The minimum absolute atomic E-state index is 0.325. The van der Waals surface area contributed by atoms with Gasteiger partial charge in [-0.1, -0.05) is 35.8 Å². The number of hydrogen-bond donors (Lipinski definition) is 0. The van der Waals surface area contributed by atoms with Gasteiger partial charge in [-0.3, -0.25) is 4.90 Å². The minimum atomic E-state index is 0.325. The zero-order chi connectivity index (χ0) is 17.3. The van der Waals surface area contributed by atoms with Gasteiger partial charge < -0.3 is 9.26 Å². The van der Waals surface area contributed by atoms with Crippen LogP contribution in [0.15, 0.2) is 28.8 Å². The van der Waals surface area contributed by atoms with Gasteiger partial charge in [0.15, 0.2) is 0 Å². The molecule has 1 aromatic carbocycles. The number of hydrogen-bond acceptors (Lipinski definition) is 5. The second kappa shape index (κ2) is 6.89. The summed E-state index contributed by atoms with van der Waals surface area (Å²) in [6.45, 7) is 4.98. The molecule has 0 amide bonds. The molecule has 5 heteroatoms. The molecule has 25 heavy (non-hydrogen) atoms. The third-order valence-corrected chi connectivity index (χ3v) is 6.01. The Labute approximate surface area is 149 Å². The maximum absolute atomic E-state index is 5.80. The van der Waals surface area contributed by atoms with Crippen molar-refractivity contribution in [1.29, 1.82) is 0 Å². The van der Waals surface area contributed by atoms with E-state index in [0.717, 1.165) is 25.2 Å². The lowest BCUT2D eigenvalue weighted by Crippen LogP contribution is -2.47. The molecule has 2 aromatic rings. The van der Waals surface area contributed by atoms with Gasteiger partial charge in [0.2, 0.25) is 11.7 Å². The van der Waals surface area contributed by atoms with Crippen LogP contribution in [0.4, 0.5) is 0 Å². The number of rotatable bonds is 4. The highest BCUT2D eigenvalue weighted by Crippen LogP contribution is 2.46. The summed E-state index contributed by atoms with van der Waals surface area (Å²) in [5, 5.41) is 4.20. The van der Waals surface area contributed by atoms with Crippen molar-refractivity contribution in [2.24, 2.45) is 5.41 Å². The molecule has 0 unspecified atom stereocenters. The fourth-order valence-corrected chi connectivity index (χ4v) is 4.78. The highest BCUT2D eigenvalue weighted by atomic mass is 16.5. The maximum atomic E-state index is 5.80. The summed E-state index contributed by atoms with van der Waals surface area (Å²) in [7, 11) is 1.86. The van der Waals surface area contributed by atoms with Crippen LogP contribution in [0.1, 0.15) is 43.6 Å². The standard InChI is InChI=1S/C20H27N3O2/c1-15-7-3-4-8-16(15)19-21-18(25-22-19)13-23-12-6-11-20(14-23)10-5-9-17(20)24-2/h3-4,7-8,17H,5-6,9-14H2,1-2H3/t17-,20-/m1/s1. The zero-order valence-corrected chi connectivity index (χ0v) is 15.2. The van der Waals surface area contributed by atoms with Gasteiger partial charge in [-0.25, -0.2) is 0 Å². The second-order valence-corrected chi connectivity index (χ2v) is 7.62. The Hall–Kier alpha value is -1.72. The summed E-state index contributed by atoms with van der Waals surface area (Å²) in [6, 6.07) is 8.16. The van der Waals surface area contributed by atoms with E-state index in [4.69, 9.17) is 9.26 Å². The van der Waals surface area contributed by atoms with Crippen molar-refractivity contribution in [3.8, 4) is 11.4 Å². The van der Waals surface area contributed by atoms with Gasteiger partial charge in [0.1, 0.15) is 0 Å². The molecular formula is C20H27N3O2. The van der Waals surface area contributed by atoms with Crippen LogP contribution in [0.2, 0.25) is 0 Å². The Morgan fingerprint density at radius 3 is 2.96 bits per heavy atom. The minimum Gasteiger partial charge on any atom is -0.381 e. The number of methoxy groups -OCH3 is 1. The normalized spacial score (nSPS) is 27.2. The van der Waals surface area contributed by atoms with E-state index in [1.165, 1.54) is 37.7 Å². The van der Waals surface area contributed by atoms with Gasteiger partial charge in [0, 0.05) is 24.6 Å². The van der Waals surface area contributed by atoms with Crippen molar-refractivity contribution in [2.45, 2.75) is 51.7 Å². The van der Waals surface area contributed by atoms with Crippen molar-refractivity contribution in [1.82, 2.24) is 15.0 Å². The van der Waals surface area contributed by atoms with E-state index in [1.54, 1.807) is 0 Å². The molecule has 0 radical (unpaired) electrons. The molecule has 1 aromatic heterocycles. The number of nitrogens with zero attached hydrogens (tertiary/aromatic N) is 3. The topological polar surface area (TPSA) is 51.4 Å². The maximum Gasteiger partial charge on any atom is 0.241 e. The van der Waals surface area contributed by atoms with E-state index >= 15 is 0 Å². The van der Waals surface area contributed by atoms with E-state index < -0.39 is 0 Å². The van der Waals surface area contributed by atoms with Crippen molar-refractivity contribution >= 4 is 0 Å². The number of aromatic nitrogens is 2. The van der Waals surface area contributed by atoms with Crippen LogP contribution in [0.3, 0.4) is 0 Å². The molecule has 0 N–H and O–H groups in total. The largest absolute Gasteiger partial charge is 0.381 e. The predicted molar refractivity (Wildman–Crippen MR) is 96.1 cm³/mol. The number of likely N-dealkylation sites (tertiary alicyclic amines) is 1. The van der Waals surface area contributed by atoms with Crippen LogP contribution >= 0.6 is 0 Å². The fourth-order valence-electron chi connectivity index (χ4n) is 4.78. The first-order valence-electron chi connectivity index (χ1n) is 9.34. The molecule has 5 nitrogen and oxygen atoms in total. The third-order valence-electron chi connectivity index (χ3n) is 6.01. The van der Waals surface area contributed by atoms with Gasteiger partial charge in [0.05, 0.1) is 12.6 Å². The third kappa shape index (κ3) is 3.23. The van der Waals surface area contributed by atoms with E-state index in [2.05, 4.69) is 28.0 Å². The summed E-state index contributed by atoms with van der Waals surface area (Å²) >= 11 is 0. The monoisotopic (exact) mass is 341 g/mol. The lowest BCUT2D eigenvalue weighted by molar-refractivity contribution is -0.0383. The summed E-state index contributed by atoms with van der Waals surface area (Å²) in [5.41, 5.74) is 2.54. The van der Waals surface area contributed by atoms with Crippen molar-refractivity contribution in [3.05, 3.63) is 35.7 Å². The molecule has 4 rings (SSSR count). The summed E-state index contributed by atoms with van der Waals surface area (Å²) < 4.78 is 11.3. The molecule has 2 atom stereocenters. The van der Waals surface area contributed by atoms with Gasteiger partial charge in [-0.2, -0.15) is 4.98 Å². The smallest absolute Gasteiger partial charge is 0.241 e. The first-order valence-corrected chi connectivity index (χ1v) is 9.34. The first kappa shape index (κ1) is 16.7.